The fraction of sp³-hybridized carbons (Fsp3) is 0.339. The van der Waals surface area contributed by atoms with Crippen LogP contribution in [0, 0.1) is 29.6 Å². The Morgan fingerprint density at radius 2 is 1.37 bits per heavy atom. The summed E-state index contributed by atoms with van der Waals surface area (Å²) in [6.07, 6.45) is 1.91. The number of imide groups is 1. The summed E-state index contributed by atoms with van der Waals surface area (Å²) in [5, 5.41) is 13.6. The SMILES string of the molecule is COC(=O)C(CC#Cc1ccc2c(c1)[C@]1(C(=O)N2C(=O)N[C@H](C(=O)OC)C(C)C)[C@H](c2ccc(O)cc2)N2[C@H](c3ccccc3)[C@H](c3ccccc3)OC(=O)[C@H]2[C@@H]1C(=O)N1CCN(c2ncccn2)CC1)C(=O)OC. The second-order valence-electron chi connectivity index (χ2n) is 18.9. The predicted octanol–water partition coefficient (Wildman–Crippen LogP) is 4.81. The summed E-state index contributed by atoms with van der Waals surface area (Å²) >= 11 is 0. The first-order valence-electron chi connectivity index (χ1n) is 24.4. The van der Waals surface area contributed by atoms with Crippen LogP contribution >= 0.6 is 0 Å². The molecule has 7 atom stereocenters. The van der Waals surface area contributed by atoms with Gasteiger partial charge >= 0.3 is 29.9 Å². The van der Waals surface area contributed by atoms with Gasteiger partial charge < -0.3 is 39.2 Å². The third-order valence-corrected chi connectivity index (χ3v) is 14.5. The van der Waals surface area contributed by atoms with Crippen LogP contribution in [-0.2, 0) is 53.1 Å². The number of aromatic nitrogens is 2. The van der Waals surface area contributed by atoms with Gasteiger partial charge in [-0.3, -0.25) is 28.9 Å². The molecule has 3 fully saturated rings. The highest BCUT2D eigenvalue weighted by Crippen LogP contribution is 2.66. The van der Waals surface area contributed by atoms with Crippen molar-refractivity contribution in [3.8, 4) is 17.6 Å². The van der Waals surface area contributed by atoms with E-state index in [4.69, 9.17) is 18.9 Å². The van der Waals surface area contributed by atoms with Crippen LogP contribution in [0.1, 0.15) is 66.3 Å². The molecule has 2 N–H and O–H groups in total. The Kier molecular flexibility index (Phi) is 14.7. The minimum atomic E-state index is -2.21. The normalized spacial score (nSPS) is 22.4. The van der Waals surface area contributed by atoms with Crippen molar-refractivity contribution in [1.82, 2.24) is 25.1 Å². The maximum absolute atomic E-state index is 16.8. The molecule has 19 heteroatoms. The molecule has 0 radical (unpaired) electrons. The summed E-state index contributed by atoms with van der Waals surface area (Å²) in [6, 6.07) is 24.9. The van der Waals surface area contributed by atoms with Gasteiger partial charge in [0.15, 0.2) is 5.92 Å². The molecule has 1 aromatic heterocycles. The van der Waals surface area contributed by atoms with Crippen molar-refractivity contribution in [3.05, 3.63) is 149 Å². The molecule has 1 spiro atoms. The van der Waals surface area contributed by atoms with Gasteiger partial charge in [0, 0.05) is 50.6 Å². The van der Waals surface area contributed by atoms with Crippen LogP contribution in [0.3, 0.4) is 0 Å². The van der Waals surface area contributed by atoms with Crippen molar-refractivity contribution < 1.29 is 57.6 Å². The van der Waals surface area contributed by atoms with E-state index in [1.54, 1.807) is 55.4 Å². The molecule has 4 aliphatic heterocycles. The maximum Gasteiger partial charge on any atom is 0.329 e. The molecule has 0 unspecified atom stereocenters. The summed E-state index contributed by atoms with van der Waals surface area (Å²) in [6.45, 7) is 4.23. The smallest absolute Gasteiger partial charge is 0.329 e. The number of phenolic OH excluding ortho intramolecular Hbond substituents is 1. The number of rotatable bonds is 11. The number of esters is 4. The molecule has 4 aromatic carbocycles. The highest BCUT2D eigenvalue weighted by atomic mass is 16.6. The summed E-state index contributed by atoms with van der Waals surface area (Å²) in [5.74, 6) is -2.08. The van der Waals surface area contributed by atoms with Crippen LogP contribution in [0.4, 0.5) is 16.4 Å². The Labute approximate surface area is 432 Å². The predicted molar refractivity (Wildman–Crippen MR) is 269 cm³/mol. The highest BCUT2D eigenvalue weighted by molar-refractivity contribution is 6.25. The lowest BCUT2D eigenvalue weighted by Gasteiger charge is -2.46. The molecule has 5 aromatic rings. The van der Waals surface area contributed by atoms with Crippen molar-refractivity contribution in [3.63, 3.8) is 0 Å². The first kappa shape index (κ1) is 51.3. The first-order valence-corrected chi connectivity index (χ1v) is 24.4. The molecular formula is C56H55N7O12. The number of hydrogen-bond acceptors (Lipinski definition) is 16. The minimum Gasteiger partial charge on any atom is -0.508 e. The zero-order chi connectivity index (χ0) is 53.1. The monoisotopic (exact) mass is 1020 g/mol. The van der Waals surface area contributed by atoms with Crippen LogP contribution in [0.15, 0.2) is 122 Å². The van der Waals surface area contributed by atoms with E-state index < -0.39 is 95.2 Å². The van der Waals surface area contributed by atoms with Gasteiger partial charge in [-0.2, -0.15) is 0 Å². The molecule has 4 amide bonds. The quantitative estimate of drug-likeness (QED) is 0.0784. The fourth-order valence-corrected chi connectivity index (χ4v) is 11.0. The van der Waals surface area contributed by atoms with Gasteiger partial charge in [-0.05, 0) is 64.6 Å². The Morgan fingerprint density at radius 1 is 0.760 bits per heavy atom. The van der Waals surface area contributed by atoms with Gasteiger partial charge in [0.1, 0.15) is 29.4 Å². The number of amides is 4. The van der Waals surface area contributed by atoms with Gasteiger partial charge in [0.25, 0.3) is 0 Å². The van der Waals surface area contributed by atoms with E-state index in [0.717, 1.165) is 19.1 Å². The van der Waals surface area contributed by atoms with Gasteiger partial charge in [-0.15, -0.1) is 0 Å². The van der Waals surface area contributed by atoms with Gasteiger partial charge in [-0.25, -0.2) is 24.5 Å². The molecule has 0 aliphatic carbocycles. The first-order chi connectivity index (χ1) is 36.2. The second kappa shape index (κ2) is 21.5. The molecule has 19 nitrogen and oxygen atoms in total. The van der Waals surface area contributed by atoms with Crippen molar-refractivity contribution in [1.29, 1.82) is 0 Å². The number of fused-ring (bicyclic) bond motifs is 3. The molecule has 3 saturated heterocycles. The van der Waals surface area contributed by atoms with E-state index >= 15 is 19.2 Å². The minimum absolute atomic E-state index is 0.0223. The number of methoxy groups -OCH3 is 3. The van der Waals surface area contributed by atoms with E-state index in [1.807, 2.05) is 70.5 Å². The summed E-state index contributed by atoms with van der Waals surface area (Å²) < 4.78 is 21.4. The number of nitrogens with zero attached hydrogens (tertiary/aromatic N) is 6. The molecule has 5 heterocycles. The van der Waals surface area contributed by atoms with E-state index in [1.165, 1.54) is 31.4 Å². The number of urea groups is 1. The molecule has 9 rings (SSSR count). The number of nitrogens with one attached hydrogen (secondary N) is 1. The Morgan fingerprint density at radius 3 is 1.97 bits per heavy atom. The van der Waals surface area contributed by atoms with Crippen LogP contribution in [-0.4, -0.2) is 126 Å². The van der Waals surface area contributed by atoms with Crippen molar-refractivity contribution in [2.45, 2.75) is 56.0 Å². The Hall–Kier alpha value is -8.63. The number of cyclic esters (lactones) is 1. The number of hydrogen-bond donors (Lipinski definition) is 2. The average molecular weight is 1020 g/mol. The van der Waals surface area contributed by atoms with Crippen molar-refractivity contribution >= 4 is 53.4 Å². The largest absolute Gasteiger partial charge is 0.508 e. The van der Waals surface area contributed by atoms with E-state index in [9.17, 15) is 19.5 Å². The Balaban J connectivity index is 1.32. The number of ether oxygens (including phenoxy) is 4. The number of phenols is 1. The molecule has 386 valence electrons. The number of anilines is 2. The van der Waals surface area contributed by atoms with Crippen LogP contribution < -0.4 is 15.1 Å². The lowest BCUT2D eigenvalue weighted by atomic mass is 9.64. The van der Waals surface area contributed by atoms with Gasteiger partial charge in [-0.1, -0.05) is 98.5 Å². The van der Waals surface area contributed by atoms with E-state index in [2.05, 4.69) is 27.1 Å². The van der Waals surface area contributed by atoms with E-state index in [0.29, 0.717) is 35.7 Å². The fourth-order valence-electron chi connectivity index (χ4n) is 11.0. The number of benzene rings is 4. The van der Waals surface area contributed by atoms with E-state index in [-0.39, 0.29) is 42.1 Å². The molecule has 0 saturated carbocycles. The van der Waals surface area contributed by atoms with Crippen LogP contribution in [0.25, 0.3) is 0 Å². The zero-order valence-corrected chi connectivity index (χ0v) is 41.8. The average Bonchev–Trinajstić information content (AvgIpc) is 3.90. The summed E-state index contributed by atoms with van der Waals surface area (Å²) in [7, 11) is 3.45. The number of piperazine rings is 1. The maximum atomic E-state index is 16.8. The molecule has 0 bridgehead atoms. The number of aromatic hydroxyl groups is 1. The van der Waals surface area contributed by atoms with Gasteiger partial charge in [0.05, 0.1) is 45.0 Å². The zero-order valence-electron chi connectivity index (χ0n) is 41.8. The van der Waals surface area contributed by atoms with Gasteiger partial charge in [0.2, 0.25) is 17.8 Å². The highest BCUT2D eigenvalue weighted by Gasteiger charge is 2.76. The van der Waals surface area contributed by atoms with Crippen LogP contribution in [0.2, 0.25) is 0 Å². The molecule has 75 heavy (non-hydrogen) atoms. The Bertz CT molecular complexity index is 3040. The lowest BCUT2D eigenvalue weighted by molar-refractivity contribution is -0.179. The van der Waals surface area contributed by atoms with Crippen molar-refractivity contribution in [2.24, 2.45) is 17.8 Å². The standard InChI is InChI=1S/C56H55N7O12/c1-33(2)43(51(68)74-5)59-55(71)62-41-25-20-34(14-12-19-39(49(66)72-3)50(67)73-4)32-40(41)56(53(62)70)42(48(65)60-28-30-61(31-29-60)54-57-26-13-27-58-54)45-52(69)75-46(36-17-10-7-11-18-36)44(35-15-8-6-9-16-35)63(45)47(56)37-21-23-38(64)24-22-37/h6-11,13,15-18,20-27,32-33,39,42-47,64H,19,28-31H2,1-5H3,(H,59,71)/t42-,43+,44-,45-,46+,47+,56-/m1/s1. The number of carbonyl (C=O) groups excluding carboxylic acids is 7. The third-order valence-electron chi connectivity index (χ3n) is 14.5. The second-order valence-corrected chi connectivity index (χ2v) is 18.9. The summed E-state index contributed by atoms with van der Waals surface area (Å²) in [4.78, 5) is 118. The summed E-state index contributed by atoms with van der Waals surface area (Å²) in [5.41, 5.74) is -0.114. The van der Waals surface area contributed by atoms with Crippen molar-refractivity contribution in [2.75, 3.05) is 57.3 Å². The van der Waals surface area contributed by atoms with Crippen LogP contribution in [0.5, 0.6) is 5.75 Å². The lowest BCUT2D eigenvalue weighted by Crippen LogP contribution is -2.60. The number of morpholine rings is 1. The third kappa shape index (κ3) is 9.26. The molecular weight excluding hydrogens is 963 g/mol. The topological polar surface area (TPSA) is 227 Å². The number of carbonyl (C=O) groups is 7. The molecule has 4 aliphatic rings.